The molecule has 1 aromatic rings. The molecule has 0 saturated carbocycles. The van der Waals surface area contributed by atoms with Crippen molar-refractivity contribution in [3.63, 3.8) is 0 Å². The molecule has 0 radical (unpaired) electrons. The number of carbonyl (C=O) groups is 2. The largest absolute Gasteiger partial charge is 0.480 e. The van der Waals surface area contributed by atoms with Crippen LogP contribution in [0.25, 0.3) is 0 Å². The number of nitrogens with zero attached hydrogens (tertiary/aromatic N) is 2. The molecule has 0 aromatic carbocycles. The monoisotopic (exact) mass is 268 g/mol. The van der Waals surface area contributed by atoms with Crippen LogP contribution >= 0.6 is 0 Å². The van der Waals surface area contributed by atoms with Gasteiger partial charge in [-0.3, -0.25) is 4.68 Å². The second kappa shape index (κ2) is 6.21. The summed E-state index contributed by atoms with van der Waals surface area (Å²) in [6, 6.07) is 1.28. The Bertz CT molecular complexity index is 458. The predicted octanol–water partition coefficient (Wildman–Crippen LogP) is 0.863. The first-order valence-corrected chi connectivity index (χ1v) is 6.15. The molecule has 0 saturated heterocycles. The van der Waals surface area contributed by atoms with E-state index >= 15 is 0 Å². The molecule has 2 amide bonds. The number of carbonyl (C=O) groups excluding carboxylic acids is 1. The number of aliphatic carboxylic acids is 1. The van der Waals surface area contributed by atoms with Crippen LogP contribution in [-0.4, -0.2) is 32.4 Å². The maximum atomic E-state index is 11.7. The Morgan fingerprint density at radius 3 is 2.68 bits per heavy atom. The fourth-order valence-corrected chi connectivity index (χ4v) is 1.76. The first-order chi connectivity index (χ1) is 8.89. The summed E-state index contributed by atoms with van der Waals surface area (Å²) in [5.74, 6) is -1.04. The van der Waals surface area contributed by atoms with Crippen LogP contribution in [-0.2, 0) is 18.4 Å². The van der Waals surface area contributed by atoms with Crippen molar-refractivity contribution in [2.45, 2.75) is 38.8 Å². The summed E-state index contributed by atoms with van der Waals surface area (Å²) < 4.78 is 1.64. The third-order valence-electron chi connectivity index (χ3n) is 2.96. The van der Waals surface area contributed by atoms with Crippen molar-refractivity contribution in [2.75, 3.05) is 0 Å². The van der Waals surface area contributed by atoms with E-state index in [2.05, 4.69) is 15.7 Å². The van der Waals surface area contributed by atoms with Crippen molar-refractivity contribution in [1.82, 2.24) is 20.4 Å². The van der Waals surface area contributed by atoms with Gasteiger partial charge in [0.25, 0.3) is 0 Å². The molecule has 19 heavy (non-hydrogen) atoms. The number of nitrogens with one attached hydrogen (secondary N) is 2. The van der Waals surface area contributed by atoms with Crippen LogP contribution in [0.5, 0.6) is 0 Å². The van der Waals surface area contributed by atoms with E-state index in [1.165, 1.54) is 6.92 Å². The first kappa shape index (κ1) is 15.0. The van der Waals surface area contributed by atoms with Gasteiger partial charge in [0.2, 0.25) is 0 Å². The van der Waals surface area contributed by atoms with Crippen LogP contribution in [0.1, 0.15) is 32.4 Å². The predicted molar refractivity (Wildman–Crippen MR) is 69.5 cm³/mol. The Hall–Kier alpha value is -2.05. The summed E-state index contributed by atoms with van der Waals surface area (Å²) >= 11 is 0. The second-order valence-corrected chi connectivity index (χ2v) is 4.64. The first-order valence-electron chi connectivity index (χ1n) is 6.15. The molecule has 0 aliphatic carbocycles. The Labute approximate surface area is 112 Å². The van der Waals surface area contributed by atoms with Gasteiger partial charge >= 0.3 is 12.0 Å². The van der Waals surface area contributed by atoms with Gasteiger partial charge in [-0.1, -0.05) is 13.3 Å². The van der Waals surface area contributed by atoms with Gasteiger partial charge in [0.1, 0.15) is 5.54 Å². The summed E-state index contributed by atoms with van der Waals surface area (Å²) in [7, 11) is 1.77. The Morgan fingerprint density at radius 1 is 1.53 bits per heavy atom. The summed E-state index contributed by atoms with van der Waals surface area (Å²) in [5.41, 5.74) is -0.409. The van der Waals surface area contributed by atoms with Crippen LogP contribution in [0.3, 0.4) is 0 Å². The molecule has 0 bridgehead atoms. The van der Waals surface area contributed by atoms with Gasteiger partial charge in [0, 0.05) is 13.2 Å². The van der Waals surface area contributed by atoms with E-state index in [0.29, 0.717) is 19.4 Å². The molecule has 1 aromatic heterocycles. The smallest absolute Gasteiger partial charge is 0.329 e. The van der Waals surface area contributed by atoms with Gasteiger partial charge < -0.3 is 15.7 Å². The third kappa shape index (κ3) is 3.97. The fourth-order valence-electron chi connectivity index (χ4n) is 1.76. The highest BCUT2D eigenvalue weighted by molar-refractivity contribution is 5.85. The fraction of sp³-hybridized carbons (Fsp3) is 0.583. The van der Waals surface area contributed by atoms with E-state index in [-0.39, 0.29) is 0 Å². The molecule has 7 heteroatoms. The number of amides is 2. The van der Waals surface area contributed by atoms with E-state index in [9.17, 15) is 9.59 Å². The zero-order valence-electron chi connectivity index (χ0n) is 11.4. The topological polar surface area (TPSA) is 96.3 Å². The summed E-state index contributed by atoms with van der Waals surface area (Å²) in [4.78, 5) is 22.9. The maximum Gasteiger partial charge on any atom is 0.329 e. The molecular formula is C12H20N4O3. The average Bonchev–Trinajstić information content (AvgIpc) is 2.72. The van der Waals surface area contributed by atoms with E-state index in [1.807, 2.05) is 6.92 Å². The quantitative estimate of drug-likeness (QED) is 0.713. The lowest BCUT2D eigenvalue weighted by atomic mass is 9.97. The van der Waals surface area contributed by atoms with Gasteiger partial charge in [-0.15, -0.1) is 0 Å². The maximum absolute atomic E-state index is 11.7. The molecule has 1 unspecified atom stereocenters. The highest BCUT2D eigenvalue weighted by Crippen LogP contribution is 2.12. The normalized spacial score (nSPS) is 13.6. The number of rotatable bonds is 6. The summed E-state index contributed by atoms with van der Waals surface area (Å²) in [5, 5.41) is 18.2. The summed E-state index contributed by atoms with van der Waals surface area (Å²) in [6.45, 7) is 3.67. The van der Waals surface area contributed by atoms with Crippen molar-refractivity contribution >= 4 is 12.0 Å². The van der Waals surface area contributed by atoms with Crippen LogP contribution in [0.4, 0.5) is 4.79 Å². The second-order valence-electron chi connectivity index (χ2n) is 4.64. The van der Waals surface area contributed by atoms with Crippen LogP contribution in [0, 0.1) is 0 Å². The highest BCUT2D eigenvalue weighted by atomic mass is 16.4. The van der Waals surface area contributed by atoms with Crippen molar-refractivity contribution in [3.05, 3.63) is 18.0 Å². The minimum absolute atomic E-state index is 0.296. The van der Waals surface area contributed by atoms with Crippen molar-refractivity contribution < 1.29 is 14.7 Å². The minimum Gasteiger partial charge on any atom is -0.480 e. The third-order valence-corrected chi connectivity index (χ3v) is 2.96. The lowest BCUT2D eigenvalue weighted by Gasteiger charge is -2.25. The van der Waals surface area contributed by atoms with Crippen LogP contribution in [0.2, 0.25) is 0 Å². The molecule has 0 spiro atoms. The molecule has 7 nitrogen and oxygen atoms in total. The summed E-state index contributed by atoms with van der Waals surface area (Å²) in [6.07, 6.45) is 2.68. The number of hydrogen-bond donors (Lipinski definition) is 3. The van der Waals surface area contributed by atoms with Gasteiger partial charge in [-0.05, 0) is 19.4 Å². The van der Waals surface area contributed by atoms with Gasteiger partial charge in [0.15, 0.2) is 0 Å². The molecule has 1 atom stereocenters. The number of carboxylic acid groups (broad SMARTS) is 1. The SMILES string of the molecule is CCCC(C)(NC(=O)NCc1ccnn1C)C(=O)O. The minimum atomic E-state index is -1.24. The van der Waals surface area contributed by atoms with Gasteiger partial charge in [-0.2, -0.15) is 5.10 Å². The van der Waals surface area contributed by atoms with E-state index in [0.717, 1.165) is 5.69 Å². The van der Waals surface area contributed by atoms with E-state index in [4.69, 9.17) is 5.11 Å². The zero-order chi connectivity index (χ0) is 14.5. The number of urea groups is 1. The lowest BCUT2D eigenvalue weighted by molar-refractivity contribution is -0.144. The van der Waals surface area contributed by atoms with Crippen molar-refractivity contribution in [1.29, 1.82) is 0 Å². The van der Waals surface area contributed by atoms with Gasteiger partial charge in [0.05, 0.1) is 12.2 Å². The van der Waals surface area contributed by atoms with Crippen LogP contribution < -0.4 is 10.6 Å². The Balaban J connectivity index is 2.54. The van der Waals surface area contributed by atoms with Crippen LogP contribution in [0.15, 0.2) is 12.3 Å². The molecule has 0 fully saturated rings. The number of hydrogen-bond acceptors (Lipinski definition) is 3. The number of aromatic nitrogens is 2. The molecule has 1 rings (SSSR count). The molecule has 0 aliphatic rings. The molecule has 3 N–H and O–H groups in total. The van der Waals surface area contributed by atoms with Gasteiger partial charge in [-0.25, -0.2) is 9.59 Å². The highest BCUT2D eigenvalue weighted by Gasteiger charge is 2.33. The molecule has 1 heterocycles. The van der Waals surface area contributed by atoms with E-state index in [1.54, 1.807) is 24.0 Å². The van der Waals surface area contributed by atoms with E-state index < -0.39 is 17.5 Å². The zero-order valence-corrected chi connectivity index (χ0v) is 11.4. The van der Waals surface area contributed by atoms with Crippen molar-refractivity contribution in [3.8, 4) is 0 Å². The molecular weight excluding hydrogens is 248 g/mol. The Morgan fingerprint density at radius 2 is 2.21 bits per heavy atom. The number of aryl methyl sites for hydroxylation is 1. The standard InChI is InChI=1S/C12H20N4O3/c1-4-6-12(2,10(17)18)15-11(19)13-8-9-5-7-14-16(9)3/h5,7H,4,6,8H2,1-3H3,(H,17,18)(H2,13,15,19). The molecule has 106 valence electrons. The molecule has 0 aliphatic heterocycles. The average molecular weight is 268 g/mol. The van der Waals surface area contributed by atoms with Crippen molar-refractivity contribution in [2.24, 2.45) is 7.05 Å². The lowest BCUT2D eigenvalue weighted by Crippen LogP contribution is -2.55. The number of carboxylic acids is 1. The Kier molecular flexibility index (Phi) is 4.91.